The van der Waals surface area contributed by atoms with E-state index in [9.17, 15) is 0 Å². The van der Waals surface area contributed by atoms with Crippen LogP contribution in [-0.4, -0.2) is 82.8 Å². The van der Waals surface area contributed by atoms with Crippen molar-refractivity contribution in [3.63, 3.8) is 0 Å². The fourth-order valence-corrected chi connectivity index (χ4v) is 24.2. The molecule has 0 fully saturated rings. The van der Waals surface area contributed by atoms with Crippen molar-refractivity contribution in [2.24, 2.45) is 0 Å². The molecular weight excluding hydrogens is 342 g/mol. The van der Waals surface area contributed by atoms with Gasteiger partial charge in [-0.3, -0.25) is 0 Å². The van der Waals surface area contributed by atoms with E-state index in [0.29, 0.717) is 47.5 Å². The van der Waals surface area contributed by atoms with Crippen molar-refractivity contribution < 1.29 is 0 Å². The molecule has 0 aromatic carbocycles. The molecule has 6 heteroatoms. The number of hydrogen-bond acceptors (Lipinski definition) is 0. The van der Waals surface area contributed by atoms with Crippen LogP contribution in [0.2, 0.25) is 0 Å². The van der Waals surface area contributed by atoms with E-state index in [0.717, 1.165) is 0 Å². The zero-order valence-electron chi connectivity index (χ0n) is 14.2. The molecule has 0 atom stereocenters. The fourth-order valence-electron chi connectivity index (χ4n) is 2.15. The fraction of sp³-hybridized carbons (Fsp3) is 1.00. The second kappa shape index (κ2) is 12.1. The first-order valence-electron chi connectivity index (χ1n) is 6.74. The van der Waals surface area contributed by atoms with Gasteiger partial charge in [-0.2, -0.15) is 0 Å². The summed E-state index contributed by atoms with van der Waals surface area (Å²) in [5, 5.41) is 0. The third kappa shape index (κ3) is 13.9. The molecule has 0 unspecified atom stereocenters. The molecule has 0 amide bonds. The SMILES string of the molecule is CP(C)CP(CP(C)C)CP(CP(C)C)CP(C)C. The third-order valence-electron chi connectivity index (χ3n) is 2.33. The van der Waals surface area contributed by atoms with Crippen molar-refractivity contribution in [3.8, 4) is 0 Å². The minimum Gasteiger partial charge on any atom is -0.109 e. The molecule has 0 bridgehead atoms. The second-order valence-corrected chi connectivity index (χ2v) is 23.3. The number of rotatable bonds is 10. The standard InChI is InChI=1S/C13H34P6/c1-14(2)9-18(10-15(3)4)13-19(11-16(5)6)12-17(7)8/h9-13H2,1-8H3. The molecule has 0 nitrogen and oxygen atoms in total. The quantitative estimate of drug-likeness (QED) is 0.372. The van der Waals surface area contributed by atoms with Crippen LogP contribution in [0.25, 0.3) is 0 Å². The van der Waals surface area contributed by atoms with E-state index in [1.165, 1.54) is 0 Å². The van der Waals surface area contributed by atoms with Gasteiger partial charge in [0.05, 0.1) is 0 Å². The van der Waals surface area contributed by atoms with Gasteiger partial charge >= 0.3 is 0 Å². The molecule has 19 heavy (non-hydrogen) atoms. The summed E-state index contributed by atoms with van der Waals surface area (Å²) < 4.78 is 0. The summed E-state index contributed by atoms with van der Waals surface area (Å²) in [6, 6.07) is 0. The van der Waals surface area contributed by atoms with Gasteiger partial charge in [0, 0.05) is 0 Å². The maximum absolute atomic E-state index is 2.49. The van der Waals surface area contributed by atoms with Gasteiger partial charge < -0.3 is 0 Å². The van der Waals surface area contributed by atoms with Gasteiger partial charge in [-0.15, -0.1) is 31.7 Å². The molecule has 0 aromatic rings. The molecule has 116 valence electrons. The average Bonchev–Trinajstić information content (AvgIpc) is 2.11. The zero-order chi connectivity index (χ0) is 15.0. The van der Waals surface area contributed by atoms with Crippen molar-refractivity contribution in [3.05, 3.63) is 0 Å². The maximum Gasteiger partial charge on any atom is -0.0108 e. The van der Waals surface area contributed by atoms with Crippen LogP contribution < -0.4 is 0 Å². The smallest absolute Gasteiger partial charge is 0.0108 e. The summed E-state index contributed by atoms with van der Waals surface area (Å²) >= 11 is 0. The second-order valence-electron chi connectivity index (χ2n) is 6.37. The van der Waals surface area contributed by atoms with Crippen LogP contribution in [0.15, 0.2) is 0 Å². The van der Waals surface area contributed by atoms with Crippen LogP contribution in [0.3, 0.4) is 0 Å². The first-order chi connectivity index (χ1) is 8.70. The molecule has 0 aliphatic heterocycles. The van der Waals surface area contributed by atoms with Gasteiger partial charge in [0.2, 0.25) is 0 Å². The van der Waals surface area contributed by atoms with Crippen molar-refractivity contribution in [1.29, 1.82) is 0 Å². The molecule has 0 rings (SSSR count). The summed E-state index contributed by atoms with van der Waals surface area (Å²) in [5.74, 6) is 8.05. The Morgan fingerprint density at radius 2 is 0.579 bits per heavy atom. The Labute approximate surface area is 130 Å². The van der Waals surface area contributed by atoms with E-state index in [1.807, 2.05) is 0 Å². The van der Waals surface area contributed by atoms with Gasteiger partial charge in [-0.1, -0.05) is 15.8 Å². The van der Waals surface area contributed by atoms with Crippen LogP contribution in [0.1, 0.15) is 0 Å². The third-order valence-corrected chi connectivity index (χ3v) is 21.0. The number of hydrogen-bond donors (Lipinski definition) is 0. The van der Waals surface area contributed by atoms with Gasteiger partial charge in [0.25, 0.3) is 0 Å². The Balaban J connectivity index is 4.51. The predicted octanol–water partition coefficient (Wildman–Crippen LogP) is 6.70. The predicted molar refractivity (Wildman–Crippen MR) is 113 cm³/mol. The van der Waals surface area contributed by atoms with Crippen LogP contribution >= 0.6 is 47.5 Å². The molecule has 0 aliphatic carbocycles. The molecule has 0 N–H and O–H groups in total. The monoisotopic (exact) mass is 376 g/mol. The maximum atomic E-state index is 2.49. The summed E-state index contributed by atoms with van der Waals surface area (Å²) in [7, 11) is 2.01. The van der Waals surface area contributed by atoms with Crippen molar-refractivity contribution >= 4 is 47.5 Å². The van der Waals surface area contributed by atoms with Gasteiger partial charge in [-0.05, 0) is 82.8 Å². The molecule has 0 spiro atoms. The van der Waals surface area contributed by atoms with E-state index in [4.69, 9.17) is 0 Å². The molecule has 0 aliphatic rings. The summed E-state index contributed by atoms with van der Waals surface area (Å²) in [6.45, 7) is 19.9. The summed E-state index contributed by atoms with van der Waals surface area (Å²) in [4.78, 5) is 0. The molecule has 0 aromatic heterocycles. The highest BCUT2D eigenvalue weighted by atomic mass is 31.2. The highest BCUT2D eigenvalue weighted by Crippen LogP contribution is 2.64. The Kier molecular flexibility index (Phi) is 13.7. The van der Waals surface area contributed by atoms with Crippen LogP contribution in [0.4, 0.5) is 0 Å². The lowest BCUT2D eigenvalue weighted by Gasteiger charge is -2.29. The molecule has 0 saturated carbocycles. The minimum atomic E-state index is 0.318. The first-order valence-corrected chi connectivity index (χ1v) is 20.2. The van der Waals surface area contributed by atoms with Crippen LogP contribution in [0.5, 0.6) is 0 Å². The molecule has 0 saturated heterocycles. The van der Waals surface area contributed by atoms with Gasteiger partial charge in [0.15, 0.2) is 0 Å². The average molecular weight is 376 g/mol. The highest BCUT2D eigenvalue weighted by molar-refractivity contribution is 7.90. The molecule has 0 radical (unpaired) electrons. The topological polar surface area (TPSA) is 0 Å². The largest absolute Gasteiger partial charge is 0.109 e. The Hall–Kier alpha value is 2.58. The first kappa shape index (κ1) is 21.6. The van der Waals surface area contributed by atoms with Gasteiger partial charge in [0.1, 0.15) is 0 Å². The van der Waals surface area contributed by atoms with E-state index >= 15 is 0 Å². The normalized spacial score (nSPS) is 12.9. The Morgan fingerprint density at radius 3 is 0.737 bits per heavy atom. The van der Waals surface area contributed by atoms with Crippen molar-refractivity contribution in [2.45, 2.75) is 0 Å². The van der Waals surface area contributed by atoms with Gasteiger partial charge in [-0.25, -0.2) is 0 Å². The Morgan fingerprint density at radius 1 is 0.368 bits per heavy atom. The van der Waals surface area contributed by atoms with Crippen LogP contribution in [-0.2, 0) is 0 Å². The summed E-state index contributed by atoms with van der Waals surface area (Å²) in [5.41, 5.74) is 0. The summed E-state index contributed by atoms with van der Waals surface area (Å²) in [6.07, 6.45) is 0. The van der Waals surface area contributed by atoms with E-state index < -0.39 is 0 Å². The lowest BCUT2D eigenvalue weighted by atomic mass is 11.8. The minimum absolute atomic E-state index is 0.318. The highest BCUT2D eigenvalue weighted by Gasteiger charge is 2.19. The molecular formula is C13H34P6. The lowest BCUT2D eigenvalue weighted by molar-refractivity contribution is 1.78. The van der Waals surface area contributed by atoms with Crippen molar-refractivity contribution in [1.82, 2.24) is 0 Å². The lowest BCUT2D eigenvalue weighted by Crippen LogP contribution is -1.97. The zero-order valence-corrected chi connectivity index (χ0v) is 19.6. The van der Waals surface area contributed by atoms with E-state index in [1.54, 1.807) is 29.5 Å². The van der Waals surface area contributed by atoms with Crippen molar-refractivity contribution in [2.75, 3.05) is 82.8 Å². The molecule has 0 heterocycles. The van der Waals surface area contributed by atoms with Crippen LogP contribution in [0, 0.1) is 0 Å². The van der Waals surface area contributed by atoms with E-state index in [2.05, 4.69) is 53.3 Å². The Bertz CT molecular complexity index is 175. The van der Waals surface area contributed by atoms with E-state index in [-0.39, 0.29) is 0 Å².